The van der Waals surface area contributed by atoms with Crippen molar-refractivity contribution in [3.8, 4) is 0 Å². The highest BCUT2D eigenvalue weighted by Crippen LogP contribution is 2.65. The summed E-state index contributed by atoms with van der Waals surface area (Å²) in [6, 6.07) is 0. The average molecular weight is 218 g/mol. The second-order valence-corrected chi connectivity index (χ2v) is 6.82. The van der Waals surface area contributed by atoms with E-state index in [0.29, 0.717) is 17.1 Å². The molecule has 88 valence electrons. The van der Waals surface area contributed by atoms with Crippen molar-refractivity contribution in [3.63, 3.8) is 0 Å². The summed E-state index contributed by atoms with van der Waals surface area (Å²) in [5.41, 5.74) is 3.14. The molecule has 0 aromatic carbocycles. The van der Waals surface area contributed by atoms with Crippen molar-refractivity contribution in [2.45, 2.75) is 47.0 Å². The Hall–Kier alpha value is -0.590. The zero-order chi connectivity index (χ0) is 11.7. The summed E-state index contributed by atoms with van der Waals surface area (Å²) in [4.78, 5) is 12.1. The van der Waals surface area contributed by atoms with Crippen molar-refractivity contribution < 1.29 is 4.79 Å². The highest BCUT2D eigenvalue weighted by molar-refractivity contribution is 5.98. The van der Waals surface area contributed by atoms with Gasteiger partial charge in [0.1, 0.15) is 0 Å². The van der Waals surface area contributed by atoms with Gasteiger partial charge < -0.3 is 0 Å². The SMILES string of the molecule is CC1=C2[C@@H](C[C@H]3C[C@@H]2C3(C)C)C[C@H](C)C1=O. The normalized spacial score (nSPS) is 45.1. The van der Waals surface area contributed by atoms with Crippen molar-refractivity contribution in [2.75, 3.05) is 0 Å². The first-order valence-corrected chi connectivity index (χ1v) is 6.67. The average Bonchev–Trinajstić information content (AvgIpc) is 2.25. The summed E-state index contributed by atoms with van der Waals surface area (Å²) in [6.45, 7) is 8.97. The van der Waals surface area contributed by atoms with E-state index in [9.17, 15) is 4.79 Å². The van der Waals surface area contributed by atoms with Crippen molar-refractivity contribution in [1.29, 1.82) is 0 Å². The highest BCUT2D eigenvalue weighted by atomic mass is 16.1. The minimum Gasteiger partial charge on any atom is -0.294 e. The largest absolute Gasteiger partial charge is 0.294 e. The third kappa shape index (κ3) is 1.10. The Bertz CT molecular complexity index is 388. The molecule has 1 heteroatoms. The number of hydrogen-bond donors (Lipinski definition) is 0. The maximum atomic E-state index is 12.1. The Labute approximate surface area is 98.3 Å². The van der Waals surface area contributed by atoms with Crippen LogP contribution in [-0.4, -0.2) is 5.78 Å². The molecule has 16 heavy (non-hydrogen) atoms. The number of ketones is 1. The van der Waals surface area contributed by atoms with Crippen molar-refractivity contribution in [3.05, 3.63) is 11.1 Å². The van der Waals surface area contributed by atoms with E-state index in [1.807, 2.05) is 0 Å². The number of carbonyl (C=O) groups excluding carboxylic acids is 1. The maximum absolute atomic E-state index is 12.1. The van der Waals surface area contributed by atoms with E-state index in [4.69, 9.17) is 0 Å². The number of carbonyl (C=O) groups is 1. The van der Waals surface area contributed by atoms with Crippen molar-refractivity contribution in [2.24, 2.45) is 29.1 Å². The van der Waals surface area contributed by atoms with Gasteiger partial charge in [-0.2, -0.15) is 0 Å². The topological polar surface area (TPSA) is 17.1 Å². The van der Waals surface area contributed by atoms with Gasteiger partial charge in [-0.3, -0.25) is 4.79 Å². The van der Waals surface area contributed by atoms with E-state index in [0.717, 1.165) is 23.8 Å². The standard InChI is InChI=1S/C15H22O/c1-8-5-10-6-11-7-12(15(11,3)4)13(10)9(2)14(8)16/h8,10-12H,5-7H2,1-4H3/t8-,10+,11-,12-/m0/s1. The zero-order valence-corrected chi connectivity index (χ0v) is 10.8. The number of allylic oxidation sites excluding steroid dienone is 2. The maximum Gasteiger partial charge on any atom is 0.161 e. The second kappa shape index (κ2) is 3.00. The lowest BCUT2D eigenvalue weighted by Gasteiger charge is -2.61. The van der Waals surface area contributed by atoms with Gasteiger partial charge in [-0.25, -0.2) is 0 Å². The second-order valence-electron chi connectivity index (χ2n) is 6.82. The lowest BCUT2D eigenvalue weighted by Crippen LogP contribution is -2.54. The third-order valence-electron chi connectivity index (χ3n) is 5.74. The predicted molar refractivity (Wildman–Crippen MR) is 65.0 cm³/mol. The lowest BCUT2D eigenvalue weighted by atomic mass is 9.43. The molecule has 0 heterocycles. The number of Topliss-reactive ketones (excluding diaryl/α,β-unsaturated/α-hetero) is 1. The van der Waals surface area contributed by atoms with Crippen molar-refractivity contribution >= 4 is 5.78 Å². The molecule has 3 fully saturated rings. The Morgan fingerprint density at radius 3 is 2.50 bits per heavy atom. The van der Waals surface area contributed by atoms with E-state index < -0.39 is 0 Å². The van der Waals surface area contributed by atoms with Crippen LogP contribution in [0.4, 0.5) is 0 Å². The van der Waals surface area contributed by atoms with Crippen LogP contribution in [0, 0.1) is 29.1 Å². The van der Waals surface area contributed by atoms with Gasteiger partial charge >= 0.3 is 0 Å². The van der Waals surface area contributed by atoms with Gasteiger partial charge in [0.2, 0.25) is 0 Å². The van der Waals surface area contributed by atoms with Crippen LogP contribution in [0.3, 0.4) is 0 Å². The van der Waals surface area contributed by atoms with Crippen LogP contribution < -0.4 is 0 Å². The van der Waals surface area contributed by atoms with Crippen LogP contribution in [0.15, 0.2) is 11.1 Å². The minimum atomic E-state index is 0.273. The number of hydrogen-bond acceptors (Lipinski definition) is 1. The smallest absolute Gasteiger partial charge is 0.161 e. The molecular weight excluding hydrogens is 196 g/mol. The fourth-order valence-electron chi connectivity index (χ4n) is 4.54. The molecule has 3 saturated carbocycles. The molecule has 0 amide bonds. The van der Waals surface area contributed by atoms with Crippen LogP contribution in [0.2, 0.25) is 0 Å². The molecule has 0 aliphatic heterocycles. The summed E-state index contributed by atoms with van der Waals surface area (Å²) >= 11 is 0. The van der Waals surface area contributed by atoms with E-state index in [1.165, 1.54) is 12.8 Å². The molecule has 4 rings (SSSR count). The Morgan fingerprint density at radius 1 is 1.19 bits per heavy atom. The van der Waals surface area contributed by atoms with E-state index >= 15 is 0 Å². The van der Waals surface area contributed by atoms with Crippen LogP contribution in [0.5, 0.6) is 0 Å². The Kier molecular flexibility index (Phi) is 1.98. The molecule has 0 N–H and O–H groups in total. The van der Waals surface area contributed by atoms with E-state index in [-0.39, 0.29) is 5.92 Å². The summed E-state index contributed by atoms with van der Waals surface area (Å²) in [7, 11) is 0. The zero-order valence-electron chi connectivity index (χ0n) is 10.8. The van der Waals surface area contributed by atoms with Gasteiger partial charge in [0.05, 0.1) is 0 Å². The molecule has 4 atom stereocenters. The summed E-state index contributed by atoms with van der Waals surface area (Å²) < 4.78 is 0. The first-order valence-electron chi connectivity index (χ1n) is 6.67. The molecule has 4 aliphatic rings. The monoisotopic (exact) mass is 218 g/mol. The molecule has 0 aromatic rings. The molecule has 0 radical (unpaired) electrons. The quantitative estimate of drug-likeness (QED) is 0.607. The Morgan fingerprint density at radius 2 is 1.88 bits per heavy atom. The number of rotatable bonds is 0. The molecule has 0 spiro atoms. The van der Waals surface area contributed by atoms with Crippen LogP contribution in [0.1, 0.15) is 47.0 Å². The third-order valence-corrected chi connectivity index (χ3v) is 5.74. The summed E-state index contributed by atoms with van der Waals surface area (Å²) in [5.74, 6) is 3.07. The lowest BCUT2D eigenvalue weighted by molar-refractivity contribution is -0.122. The minimum absolute atomic E-state index is 0.273. The summed E-state index contributed by atoms with van der Waals surface area (Å²) in [6.07, 6.45) is 3.81. The predicted octanol–water partition coefficient (Wildman–Crippen LogP) is 3.59. The molecule has 1 nitrogen and oxygen atoms in total. The van der Waals surface area contributed by atoms with Crippen LogP contribution in [0.25, 0.3) is 0 Å². The fourth-order valence-corrected chi connectivity index (χ4v) is 4.54. The summed E-state index contributed by atoms with van der Waals surface area (Å²) in [5, 5.41) is 0. The van der Waals surface area contributed by atoms with Gasteiger partial charge in [0, 0.05) is 5.92 Å². The molecular formula is C15H22O. The first-order chi connectivity index (χ1) is 7.43. The van der Waals surface area contributed by atoms with E-state index in [1.54, 1.807) is 5.57 Å². The van der Waals surface area contributed by atoms with Gasteiger partial charge in [-0.1, -0.05) is 26.3 Å². The van der Waals surface area contributed by atoms with Gasteiger partial charge in [0.25, 0.3) is 0 Å². The Balaban J connectivity index is 2.05. The van der Waals surface area contributed by atoms with Crippen molar-refractivity contribution in [1.82, 2.24) is 0 Å². The van der Waals surface area contributed by atoms with Gasteiger partial charge in [-0.15, -0.1) is 0 Å². The van der Waals surface area contributed by atoms with Crippen LogP contribution >= 0.6 is 0 Å². The fraction of sp³-hybridized carbons (Fsp3) is 0.800. The first kappa shape index (κ1) is 10.6. The van der Waals surface area contributed by atoms with Gasteiger partial charge in [0.15, 0.2) is 5.78 Å². The molecule has 0 aromatic heterocycles. The highest BCUT2D eigenvalue weighted by Gasteiger charge is 2.57. The molecule has 0 saturated heterocycles. The van der Waals surface area contributed by atoms with Gasteiger partial charge in [-0.05, 0) is 54.9 Å². The molecule has 2 bridgehead atoms. The molecule has 4 aliphatic carbocycles. The molecule has 0 unspecified atom stereocenters. The van der Waals surface area contributed by atoms with Crippen LogP contribution in [-0.2, 0) is 4.79 Å². The van der Waals surface area contributed by atoms with E-state index in [2.05, 4.69) is 27.7 Å².